The Kier molecular flexibility index (Phi) is 2.47. The van der Waals surface area contributed by atoms with Crippen LogP contribution in [0.2, 0.25) is 0 Å². The van der Waals surface area contributed by atoms with Gasteiger partial charge in [0, 0.05) is 11.8 Å². The molecule has 1 spiro atoms. The van der Waals surface area contributed by atoms with E-state index >= 15 is 0 Å². The van der Waals surface area contributed by atoms with E-state index < -0.39 is 5.60 Å². The molecule has 1 heterocycles. The molecule has 0 unspecified atom stereocenters. The van der Waals surface area contributed by atoms with Gasteiger partial charge in [-0.25, -0.2) is 0 Å². The quantitative estimate of drug-likeness (QED) is 0.617. The first kappa shape index (κ1) is 11.7. The molecule has 96 valence electrons. The second kappa shape index (κ2) is 3.81. The molecule has 0 amide bonds. The number of esters is 1. The van der Waals surface area contributed by atoms with Crippen molar-refractivity contribution in [2.75, 3.05) is 0 Å². The van der Waals surface area contributed by atoms with Crippen molar-refractivity contribution in [2.45, 2.75) is 51.0 Å². The third kappa shape index (κ3) is 1.49. The van der Waals surface area contributed by atoms with Crippen LogP contribution in [0.25, 0.3) is 0 Å². The van der Waals surface area contributed by atoms with Gasteiger partial charge in [-0.05, 0) is 49.5 Å². The molecule has 0 aromatic carbocycles. The van der Waals surface area contributed by atoms with Gasteiger partial charge in [0.05, 0.1) is 0 Å². The second-order valence-electron chi connectivity index (χ2n) is 5.88. The van der Waals surface area contributed by atoms with Gasteiger partial charge in [-0.15, -0.1) is 0 Å². The van der Waals surface area contributed by atoms with E-state index in [-0.39, 0.29) is 17.2 Å². The molecule has 1 saturated heterocycles. The largest absolute Gasteiger partial charge is 0.450 e. The summed E-state index contributed by atoms with van der Waals surface area (Å²) in [6, 6.07) is 0. The fourth-order valence-corrected chi connectivity index (χ4v) is 3.64. The molecule has 1 aliphatic heterocycles. The highest BCUT2D eigenvalue weighted by molar-refractivity contribution is 6.01. The third-order valence-corrected chi connectivity index (χ3v) is 4.75. The summed E-state index contributed by atoms with van der Waals surface area (Å²) in [6.07, 6.45) is 10.5. The fraction of sp³-hybridized carbons (Fsp3) is 0.600. The highest BCUT2D eigenvalue weighted by Crippen LogP contribution is 2.54. The Balaban J connectivity index is 2.14. The molecule has 2 aliphatic carbocycles. The molecular formula is C15H18O3. The van der Waals surface area contributed by atoms with Crippen LogP contribution >= 0.6 is 0 Å². The Morgan fingerprint density at radius 1 is 1.17 bits per heavy atom. The summed E-state index contributed by atoms with van der Waals surface area (Å²) in [5.41, 5.74) is 0.302. The monoisotopic (exact) mass is 246 g/mol. The van der Waals surface area contributed by atoms with E-state index in [0.29, 0.717) is 6.42 Å². The highest BCUT2D eigenvalue weighted by Gasteiger charge is 2.55. The van der Waals surface area contributed by atoms with Crippen LogP contribution in [0, 0.1) is 5.41 Å². The summed E-state index contributed by atoms with van der Waals surface area (Å²) in [6.45, 7) is 2.19. The maximum atomic E-state index is 11.7. The van der Waals surface area contributed by atoms with E-state index in [1.165, 1.54) is 0 Å². The maximum absolute atomic E-state index is 11.7. The molecule has 2 fully saturated rings. The molecule has 3 aliphatic rings. The zero-order chi connectivity index (χ0) is 12.8. The number of hydrogen-bond acceptors (Lipinski definition) is 3. The van der Waals surface area contributed by atoms with Gasteiger partial charge < -0.3 is 4.74 Å². The molecule has 3 rings (SSSR count). The minimum absolute atomic E-state index is 0.0153. The summed E-state index contributed by atoms with van der Waals surface area (Å²) >= 11 is 0. The van der Waals surface area contributed by atoms with E-state index in [2.05, 4.69) is 6.92 Å². The number of allylic oxidation sites excluding steroid dienone is 2. The topological polar surface area (TPSA) is 43.4 Å². The minimum Gasteiger partial charge on any atom is -0.450 e. The van der Waals surface area contributed by atoms with Crippen LogP contribution in [0.3, 0.4) is 0 Å². The van der Waals surface area contributed by atoms with Gasteiger partial charge >= 0.3 is 5.97 Å². The van der Waals surface area contributed by atoms with Crippen LogP contribution in [-0.4, -0.2) is 17.4 Å². The van der Waals surface area contributed by atoms with Crippen molar-refractivity contribution in [1.82, 2.24) is 0 Å². The van der Waals surface area contributed by atoms with Crippen molar-refractivity contribution in [3.63, 3.8) is 0 Å². The normalized spacial score (nSPS) is 39.3. The predicted octanol–water partition coefficient (Wildman–Crippen LogP) is 2.71. The SMILES string of the molecule is C[C@]12CCCCC3=CC(=O)C=C[C@@]31OC(=O)CC2. The molecule has 0 radical (unpaired) electrons. The van der Waals surface area contributed by atoms with Crippen LogP contribution in [0.15, 0.2) is 23.8 Å². The van der Waals surface area contributed by atoms with Crippen molar-refractivity contribution >= 4 is 11.8 Å². The first-order valence-corrected chi connectivity index (χ1v) is 6.72. The van der Waals surface area contributed by atoms with Gasteiger partial charge in [0.2, 0.25) is 0 Å². The number of carbonyl (C=O) groups is 2. The van der Waals surface area contributed by atoms with E-state index in [9.17, 15) is 9.59 Å². The molecular weight excluding hydrogens is 228 g/mol. The van der Waals surface area contributed by atoms with Crippen molar-refractivity contribution < 1.29 is 14.3 Å². The first-order valence-electron chi connectivity index (χ1n) is 6.72. The Hall–Kier alpha value is -1.38. The Bertz CT molecular complexity index is 474. The van der Waals surface area contributed by atoms with Gasteiger partial charge in [0.15, 0.2) is 11.4 Å². The van der Waals surface area contributed by atoms with Gasteiger partial charge in [-0.3, -0.25) is 9.59 Å². The summed E-state index contributed by atoms with van der Waals surface area (Å²) in [5.74, 6) is -0.124. The molecule has 0 bridgehead atoms. The van der Waals surface area contributed by atoms with Crippen LogP contribution in [0.1, 0.15) is 45.4 Å². The first-order chi connectivity index (χ1) is 8.56. The molecule has 2 atom stereocenters. The Morgan fingerprint density at radius 3 is 2.83 bits per heavy atom. The van der Waals surface area contributed by atoms with E-state index in [1.54, 1.807) is 12.2 Å². The van der Waals surface area contributed by atoms with Gasteiger partial charge in [-0.1, -0.05) is 13.3 Å². The Morgan fingerprint density at radius 2 is 2.00 bits per heavy atom. The summed E-state index contributed by atoms with van der Waals surface area (Å²) in [5, 5.41) is 0. The van der Waals surface area contributed by atoms with Crippen molar-refractivity contribution in [3.8, 4) is 0 Å². The molecule has 0 N–H and O–H groups in total. The molecule has 3 nitrogen and oxygen atoms in total. The van der Waals surface area contributed by atoms with Crippen molar-refractivity contribution in [1.29, 1.82) is 0 Å². The Labute approximate surface area is 107 Å². The average Bonchev–Trinajstić information content (AvgIpc) is 2.47. The number of ether oxygens (including phenoxy) is 1. The lowest BCUT2D eigenvalue weighted by Gasteiger charge is -2.50. The van der Waals surface area contributed by atoms with E-state index in [1.807, 2.05) is 6.08 Å². The van der Waals surface area contributed by atoms with Crippen molar-refractivity contribution in [2.24, 2.45) is 5.41 Å². The lowest BCUT2D eigenvalue weighted by Crippen LogP contribution is -2.53. The zero-order valence-electron chi connectivity index (χ0n) is 10.7. The van der Waals surface area contributed by atoms with E-state index in [0.717, 1.165) is 37.7 Å². The van der Waals surface area contributed by atoms with E-state index in [4.69, 9.17) is 4.74 Å². The number of hydrogen-bond donors (Lipinski definition) is 0. The third-order valence-electron chi connectivity index (χ3n) is 4.75. The van der Waals surface area contributed by atoms with Crippen LogP contribution in [0.4, 0.5) is 0 Å². The smallest absolute Gasteiger partial charge is 0.307 e. The summed E-state index contributed by atoms with van der Waals surface area (Å²) < 4.78 is 5.77. The number of ketones is 1. The number of carbonyl (C=O) groups excluding carboxylic acids is 2. The summed E-state index contributed by atoms with van der Waals surface area (Å²) in [7, 11) is 0. The molecule has 3 heteroatoms. The lowest BCUT2D eigenvalue weighted by atomic mass is 9.62. The van der Waals surface area contributed by atoms with Crippen LogP contribution < -0.4 is 0 Å². The van der Waals surface area contributed by atoms with Crippen molar-refractivity contribution in [3.05, 3.63) is 23.8 Å². The molecule has 0 aromatic heterocycles. The predicted molar refractivity (Wildman–Crippen MR) is 66.9 cm³/mol. The molecule has 0 aromatic rings. The highest BCUT2D eigenvalue weighted by atomic mass is 16.6. The molecule has 18 heavy (non-hydrogen) atoms. The zero-order valence-corrected chi connectivity index (χ0v) is 10.7. The standard InChI is InChI=1S/C15H18O3/c1-14-7-3-2-4-11-10-12(16)5-9-15(11,14)18-13(17)6-8-14/h5,9-10H,2-4,6-8H2,1H3/t14-,15-/m1/s1. The van der Waals surface area contributed by atoms with Gasteiger partial charge in [0.25, 0.3) is 0 Å². The van der Waals surface area contributed by atoms with Crippen LogP contribution in [0.5, 0.6) is 0 Å². The number of rotatable bonds is 0. The lowest BCUT2D eigenvalue weighted by molar-refractivity contribution is -0.174. The summed E-state index contributed by atoms with van der Waals surface area (Å²) in [4.78, 5) is 23.3. The van der Waals surface area contributed by atoms with Crippen LogP contribution in [-0.2, 0) is 14.3 Å². The maximum Gasteiger partial charge on any atom is 0.307 e. The van der Waals surface area contributed by atoms with Gasteiger partial charge in [-0.2, -0.15) is 0 Å². The van der Waals surface area contributed by atoms with Gasteiger partial charge in [0.1, 0.15) is 0 Å². The molecule has 1 saturated carbocycles. The second-order valence-corrected chi connectivity index (χ2v) is 5.88. The minimum atomic E-state index is -0.646. The fourth-order valence-electron chi connectivity index (χ4n) is 3.64. The average molecular weight is 246 g/mol.